The van der Waals surface area contributed by atoms with E-state index in [4.69, 9.17) is 0 Å². The molecule has 0 aliphatic carbocycles. The molecule has 0 bridgehead atoms. The Morgan fingerprint density at radius 2 is 0.769 bits per heavy atom. The van der Waals surface area contributed by atoms with E-state index in [9.17, 15) is 0 Å². The van der Waals surface area contributed by atoms with Gasteiger partial charge < -0.3 is 9.13 Å². The van der Waals surface area contributed by atoms with Crippen LogP contribution in [0, 0.1) is 0 Å². The fraction of sp³-hybridized carbons (Fsp3) is 0.0400. The van der Waals surface area contributed by atoms with Crippen molar-refractivity contribution in [3.8, 4) is 5.69 Å². The number of fused-ring (bicyclic) bond motifs is 6. The molecular formula is C50H36N2. The summed E-state index contributed by atoms with van der Waals surface area (Å²) in [5.41, 5.74) is 11.9. The van der Waals surface area contributed by atoms with E-state index in [1.165, 1.54) is 77.1 Å². The van der Waals surface area contributed by atoms with E-state index < -0.39 is 5.41 Å². The molecule has 0 amide bonds. The molecule has 10 aromatic rings. The van der Waals surface area contributed by atoms with Crippen LogP contribution in [-0.2, 0) is 12.0 Å². The smallest absolute Gasteiger partial charge is 0.0701 e. The van der Waals surface area contributed by atoms with Gasteiger partial charge in [0.15, 0.2) is 0 Å². The van der Waals surface area contributed by atoms with Gasteiger partial charge in [-0.1, -0.05) is 170 Å². The number of hydrogen-bond acceptors (Lipinski definition) is 0. The predicted molar refractivity (Wildman–Crippen MR) is 218 cm³/mol. The van der Waals surface area contributed by atoms with Crippen molar-refractivity contribution in [2.24, 2.45) is 0 Å². The van der Waals surface area contributed by atoms with Gasteiger partial charge in [-0.25, -0.2) is 0 Å². The second kappa shape index (κ2) is 12.3. The van der Waals surface area contributed by atoms with Gasteiger partial charge in [-0.15, -0.1) is 0 Å². The normalized spacial score (nSPS) is 11.9. The van der Waals surface area contributed by atoms with Crippen molar-refractivity contribution in [3.05, 3.63) is 234 Å². The van der Waals surface area contributed by atoms with Gasteiger partial charge in [0.2, 0.25) is 0 Å². The van der Waals surface area contributed by atoms with Crippen molar-refractivity contribution in [1.29, 1.82) is 0 Å². The van der Waals surface area contributed by atoms with Gasteiger partial charge in [-0.2, -0.15) is 0 Å². The minimum Gasteiger partial charge on any atom is -0.336 e. The minimum absolute atomic E-state index is 0.488. The van der Waals surface area contributed by atoms with E-state index in [-0.39, 0.29) is 0 Å². The minimum atomic E-state index is -0.488. The Bertz CT molecular complexity index is 2710. The molecule has 246 valence electrons. The van der Waals surface area contributed by atoms with Crippen LogP contribution in [0.2, 0.25) is 0 Å². The molecule has 0 unspecified atom stereocenters. The highest BCUT2D eigenvalue weighted by Gasteiger charge is 2.38. The van der Waals surface area contributed by atoms with Crippen LogP contribution in [0.1, 0.15) is 27.8 Å². The van der Waals surface area contributed by atoms with Crippen molar-refractivity contribution < 1.29 is 0 Å². The maximum absolute atomic E-state index is 2.49. The average Bonchev–Trinajstić information content (AvgIpc) is 3.72. The summed E-state index contributed by atoms with van der Waals surface area (Å²) in [7, 11) is 0. The van der Waals surface area contributed by atoms with Gasteiger partial charge in [0.05, 0.1) is 16.4 Å². The van der Waals surface area contributed by atoms with Crippen LogP contribution >= 0.6 is 0 Å². The van der Waals surface area contributed by atoms with Crippen molar-refractivity contribution >= 4 is 43.6 Å². The SMILES string of the molecule is c1ccc(C(c2ccccc2)(c2ccccc2)c2cccc(Cn3c4ccccc4c4cc(-n5c6ccccc6c6ccccc65)ccc43)c2)cc1. The monoisotopic (exact) mass is 664 g/mol. The summed E-state index contributed by atoms with van der Waals surface area (Å²) in [5, 5.41) is 5.08. The van der Waals surface area contributed by atoms with Gasteiger partial charge in [0.25, 0.3) is 0 Å². The topological polar surface area (TPSA) is 9.86 Å². The summed E-state index contributed by atoms with van der Waals surface area (Å²) >= 11 is 0. The van der Waals surface area contributed by atoms with Gasteiger partial charge in [-0.3, -0.25) is 0 Å². The molecule has 0 N–H and O–H groups in total. The Hall–Kier alpha value is -6.64. The Labute approximate surface area is 303 Å². The molecule has 2 aromatic heterocycles. The lowest BCUT2D eigenvalue weighted by Gasteiger charge is -2.37. The van der Waals surface area contributed by atoms with Crippen molar-refractivity contribution in [3.63, 3.8) is 0 Å². The fourth-order valence-corrected chi connectivity index (χ4v) is 8.70. The third-order valence-corrected chi connectivity index (χ3v) is 10.9. The Kier molecular flexibility index (Phi) is 7.14. The molecule has 0 aliphatic rings. The van der Waals surface area contributed by atoms with Crippen LogP contribution in [-0.4, -0.2) is 9.13 Å². The predicted octanol–water partition coefficient (Wildman–Crippen LogP) is 12.3. The highest BCUT2D eigenvalue weighted by atomic mass is 15.0. The molecule has 0 fully saturated rings. The van der Waals surface area contributed by atoms with E-state index in [1.807, 2.05) is 0 Å². The van der Waals surface area contributed by atoms with Crippen molar-refractivity contribution in [2.45, 2.75) is 12.0 Å². The molecule has 2 heteroatoms. The second-order valence-electron chi connectivity index (χ2n) is 13.7. The van der Waals surface area contributed by atoms with E-state index in [2.05, 4.69) is 215 Å². The largest absolute Gasteiger partial charge is 0.336 e. The lowest BCUT2D eigenvalue weighted by molar-refractivity contribution is 0.740. The molecule has 0 atom stereocenters. The zero-order valence-electron chi connectivity index (χ0n) is 28.7. The van der Waals surface area contributed by atoms with Crippen LogP contribution in [0.25, 0.3) is 49.3 Å². The molecule has 0 aliphatic heterocycles. The Morgan fingerprint density at radius 3 is 1.33 bits per heavy atom. The number of hydrogen-bond donors (Lipinski definition) is 0. The first-order chi connectivity index (χ1) is 25.8. The molecule has 0 saturated carbocycles. The third kappa shape index (κ3) is 4.65. The number of aromatic nitrogens is 2. The zero-order chi connectivity index (χ0) is 34.5. The summed E-state index contributed by atoms with van der Waals surface area (Å²) in [4.78, 5) is 0. The van der Waals surface area contributed by atoms with Crippen LogP contribution in [0.5, 0.6) is 0 Å². The lowest BCUT2D eigenvalue weighted by Crippen LogP contribution is -2.31. The first kappa shape index (κ1) is 30.2. The maximum Gasteiger partial charge on any atom is 0.0701 e. The number of nitrogens with zero attached hydrogens (tertiary/aromatic N) is 2. The van der Waals surface area contributed by atoms with Gasteiger partial charge in [0, 0.05) is 44.8 Å². The molecule has 0 spiro atoms. The summed E-state index contributed by atoms with van der Waals surface area (Å²) < 4.78 is 4.91. The fourth-order valence-electron chi connectivity index (χ4n) is 8.70. The number of rotatable bonds is 7. The quantitative estimate of drug-likeness (QED) is 0.150. The third-order valence-electron chi connectivity index (χ3n) is 10.9. The first-order valence-electron chi connectivity index (χ1n) is 18.1. The molecule has 0 saturated heterocycles. The van der Waals surface area contributed by atoms with Crippen LogP contribution < -0.4 is 0 Å². The molecule has 10 rings (SSSR count). The van der Waals surface area contributed by atoms with Crippen LogP contribution in [0.15, 0.2) is 206 Å². The molecule has 2 heterocycles. The summed E-state index contributed by atoms with van der Waals surface area (Å²) in [6.07, 6.45) is 0. The standard InChI is InChI=1S/C50H36N2/c1-4-18-37(19-5-1)50(38-20-6-2-7-21-38,39-22-8-3-9-23-39)40-24-16-17-36(33-40)35-51-46-28-13-10-27-44(46)45-34-41(31-32-47(45)51)52-48-29-14-11-25-42(48)43-26-12-15-30-49(43)52/h1-34H,35H2. The lowest BCUT2D eigenvalue weighted by atomic mass is 9.65. The van der Waals surface area contributed by atoms with E-state index in [1.54, 1.807) is 0 Å². The molecule has 8 aromatic carbocycles. The zero-order valence-corrected chi connectivity index (χ0v) is 28.7. The van der Waals surface area contributed by atoms with Crippen LogP contribution in [0.4, 0.5) is 0 Å². The number of para-hydroxylation sites is 3. The van der Waals surface area contributed by atoms with Crippen molar-refractivity contribution in [2.75, 3.05) is 0 Å². The molecular weight excluding hydrogens is 629 g/mol. The van der Waals surface area contributed by atoms with Gasteiger partial charge in [0.1, 0.15) is 0 Å². The molecule has 2 nitrogen and oxygen atoms in total. The summed E-state index contributed by atoms with van der Waals surface area (Å²) in [5.74, 6) is 0. The Morgan fingerprint density at radius 1 is 0.327 bits per heavy atom. The van der Waals surface area contributed by atoms with Crippen molar-refractivity contribution in [1.82, 2.24) is 9.13 Å². The second-order valence-corrected chi connectivity index (χ2v) is 13.7. The Balaban J connectivity index is 1.15. The highest BCUT2D eigenvalue weighted by molar-refractivity contribution is 6.11. The van der Waals surface area contributed by atoms with Gasteiger partial charge >= 0.3 is 0 Å². The highest BCUT2D eigenvalue weighted by Crippen LogP contribution is 2.45. The number of benzene rings is 8. The van der Waals surface area contributed by atoms with E-state index in [0.29, 0.717) is 0 Å². The average molecular weight is 665 g/mol. The maximum atomic E-state index is 2.49. The molecule has 0 radical (unpaired) electrons. The first-order valence-corrected chi connectivity index (χ1v) is 18.1. The summed E-state index contributed by atoms with van der Waals surface area (Å²) in [6, 6.07) is 75.5. The molecule has 52 heavy (non-hydrogen) atoms. The summed E-state index contributed by atoms with van der Waals surface area (Å²) in [6.45, 7) is 0.751. The van der Waals surface area contributed by atoms with E-state index >= 15 is 0 Å². The van der Waals surface area contributed by atoms with Crippen LogP contribution in [0.3, 0.4) is 0 Å². The van der Waals surface area contributed by atoms with Gasteiger partial charge in [-0.05, 0) is 64.2 Å². The van der Waals surface area contributed by atoms with E-state index in [0.717, 1.165) is 6.54 Å².